The van der Waals surface area contributed by atoms with E-state index in [4.69, 9.17) is 18.9 Å². The predicted molar refractivity (Wildman–Crippen MR) is 212 cm³/mol. The molecule has 2 aliphatic carbocycles. The molecule has 49 heavy (non-hydrogen) atoms. The number of benzene rings is 2. The summed E-state index contributed by atoms with van der Waals surface area (Å²) in [5.74, 6) is 3.01. The SMILES string of the molecule is C=C(N)CC(NC(=C)C1C=Cc2ccccc2N1)C(=C)NC(c1ccccc1)C(C)C(=C)CC1CC2CCCCC2CC1C(=C)C(C)(C)C. The second-order valence-corrected chi connectivity index (χ2v) is 16.3. The quantitative estimate of drug-likeness (QED) is 0.153. The Labute approximate surface area is 297 Å². The molecule has 0 aromatic heterocycles. The van der Waals surface area contributed by atoms with Gasteiger partial charge in [0.05, 0.1) is 18.1 Å². The van der Waals surface area contributed by atoms with E-state index in [-0.39, 0.29) is 29.5 Å². The van der Waals surface area contributed by atoms with Gasteiger partial charge < -0.3 is 21.7 Å². The van der Waals surface area contributed by atoms with E-state index in [1.807, 2.05) is 6.07 Å². The first-order valence-corrected chi connectivity index (χ1v) is 18.6. The van der Waals surface area contributed by atoms with Gasteiger partial charge in [-0.1, -0.05) is 158 Å². The third-order valence-corrected chi connectivity index (χ3v) is 11.7. The predicted octanol–water partition coefficient (Wildman–Crippen LogP) is 10.7. The van der Waals surface area contributed by atoms with Gasteiger partial charge in [-0.15, -0.1) is 0 Å². The molecule has 8 atom stereocenters. The summed E-state index contributed by atoms with van der Waals surface area (Å²) in [6, 6.07) is 18.8. The number of rotatable bonds is 14. The summed E-state index contributed by atoms with van der Waals surface area (Å²) in [6.45, 7) is 31.9. The topological polar surface area (TPSA) is 62.1 Å². The van der Waals surface area contributed by atoms with Gasteiger partial charge >= 0.3 is 0 Å². The van der Waals surface area contributed by atoms with Gasteiger partial charge in [0.2, 0.25) is 0 Å². The first-order chi connectivity index (χ1) is 23.3. The van der Waals surface area contributed by atoms with Crippen LogP contribution in [0.15, 0.2) is 122 Å². The molecule has 4 heteroatoms. The second kappa shape index (κ2) is 15.7. The highest BCUT2D eigenvalue weighted by Crippen LogP contribution is 2.52. The van der Waals surface area contributed by atoms with Crippen molar-refractivity contribution < 1.29 is 0 Å². The van der Waals surface area contributed by atoms with Crippen LogP contribution in [0, 0.1) is 35.0 Å². The van der Waals surface area contributed by atoms with Crippen LogP contribution < -0.4 is 21.7 Å². The van der Waals surface area contributed by atoms with Crippen LogP contribution in [0.2, 0.25) is 0 Å². The Hall–Kier alpha value is -3.92. The molecule has 8 unspecified atom stereocenters. The monoisotopic (exact) mass is 658 g/mol. The minimum Gasteiger partial charge on any atom is -0.402 e. The fourth-order valence-corrected chi connectivity index (χ4v) is 8.63. The molecule has 5 rings (SSSR count). The van der Waals surface area contributed by atoms with Gasteiger partial charge in [-0.05, 0) is 65.5 Å². The average Bonchev–Trinajstić information content (AvgIpc) is 3.08. The van der Waals surface area contributed by atoms with Crippen molar-refractivity contribution in [3.8, 4) is 0 Å². The highest BCUT2D eigenvalue weighted by Gasteiger charge is 2.41. The van der Waals surface area contributed by atoms with Crippen molar-refractivity contribution >= 4 is 11.8 Å². The standard InChI is InChI=1S/C45H62N4/c1-29(25-39-27-37-20-13-14-21-38(37)28-40(39)32(4)45(7,8)9)31(3)44(36-18-11-10-12-19-36)48-34(6)43(26-30(2)46)47-33(5)41-24-23-35-17-15-16-22-42(35)49-41/h10-12,15-19,22-24,31,37-41,43-44,47-49H,1-2,4-6,13-14,20-21,25-28,46H2,3,7-9H3. The minimum atomic E-state index is -0.190. The summed E-state index contributed by atoms with van der Waals surface area (Å²) in [5.41, 5.74) is 14.9. The largest absolute Gasteiger partial charge is 0.402 e. The van der Waals surface area contributed by atoms with Crippen LogP contribution in [0.25, 0.3) is 6.08 Å². The number of para-hydroxylation sites is 1. The van der Waals surface area contributed by atoms with E-state index in [0.717, 1.165) is 35.3 Å². The molecule has 0 amide bonds. The van der Waals surface area contributed by atoms with Crippen LogP contribution in [0.4, 0.5) is 5.69 Å². The van der Waals surface area contributed by atoms with Crippen molar-refractivity contribution in [2.24, 2.45) is 40.7 Å². The molecule has 3 aliphatic rings. The first-order valence-electron chi connectivity index (χ1n) is 18.6. The lowest BCUT2D eigenvalue weighted by atomic mass is 9.58. The highest BCUT2D eigenvalue weighted by atomic mass is 15.1. The van der Waals surface area contributed by atoms with Crippen LogP contribution in [-0.4, -0.2) is 12.1 Å². The van der Waals surface area contributed by atoms with Crippen LogP contribution >= 0.6 is 0 Å². The lowest BCUT2D eigenvalue weighted by Gasteiger charge is -2.47. The van der Waals surface area contributed by atoms with Crippen molar-refractivity contribution in [3.63, 3.8) is 0 Å². The Morgan fingerprint density at radius 2 is 1.55 bits per heavy atom. The Kier molecular flexibility index (Phi) is 11.7. The third kappa shape index (κ3) is 9.01. The van der Waals surface area contributed by atoms with E-state index in [1.54, 1.807) is 0 Å². The Balaban J connectivity index is 1.33. The van der Waals surface area contributed by atoms with Gasteiger partial charge in [0.1, 0.15) is 0 Å². The molecule has 2 fully saturated rings. The third-order valence-electron chi connectivity index (χ3n) is 11.7. The van der Waals surface area contributed by atoms with E-state index >= 15 is 0 Å². The molecular formula is C45H62N4. The van der Waals surface area contributed by atoms with Gasteiger partial charge in [0.25, 0.3) is 0 Å². The molecule has 5 N–H and O–H groups in total. The lowest BCUT2D eigenvalue weighted by molar-refractivity contribution is 0.0837. The maximum absolute atomic E-state index is 6.23. The van der Waals surface area contributed by atoms with E-state index in [2.05, 4.69) is 124 Å². The number of hydrogen-bond donors (Lipinski definition) is 4. The van der Waals surface area contributed by atoms with Crippen molar-refractivity contribution in [2.45, 2.75) is 97.2 Å². The van der Waals surface area contributed by atoms with Gasteiger partial charge in [-0.3, -0.25) is 0 Å². The van der Waals surface area contributed by atoms with Crippen LogP contribution in [-0.2, 0) is 0 Å². The van der Waals surface area contributed by atoms with Crippen molar-refractivity contribution in [1.82, 2.24) is 10.6 Å². The van der Waals surface area contributed by atoms with Crippen LogP contribution in [0.3, 0.4) is 0 Å². The summed E-state index contributed by atoms with van der Waals surface area (Å²) in [6.07, 6.45) is 14.0. The van der Waals surface area contributed by atoms with E-state index < -0.39 is 0 Å². The number of anilines is 1. The molecular weight excluding hydrogens is 597 g/mol. The Morgan fingerprint density at radius 1 is 0.898 bits per heavy atom. The van der Waals surface area contributed by atoms with Crippen molar-refractivity contribution in [1.29, 1.82) is 0 Å². The number of hydrogen-bond acceptors (Lipinski definition) is 4. The Morgan fingerprint density at radius 3 is 2.22 bits per heavy atom. The highest BCUT2D eigenvalue weighted by molar-refractivity contribution is 5.71. The number of fused-ring (bicyclic) bond motifs is 2. The van der Waals surface area contributed by atoms with E-state index in [0.29, 0.717) is 24.0 Å². The van der Waals surface area contributed by atoms with Gasteiger partial charge in [-0.2, -0.15) is 0 Å². The zero-order chi connectivity index (χ0) is 35.3. The maximum Gasteiger partial charge on any atom is 0.0841 e. The molecule has 1 aliphatic heterocycles. The number of nitrogens with two attached hydrogens (primary N) is 1. The average molecular weight is 659 g/mol. The lowest BCUT2D eigenvalue weighted by Crippen LogP contribution is -2.42. The summed E-state index contributed by atoms with van der Waals surface area (Å²) < 4.78 is 0. The molecule has 4 nitrogen and oxygen atoms in total. The molecule has 0 spiro atoms. The first kappa shape index (κ1) is 36.4. The number of allylic oxidation sites excluding steroid dienone is 1. The van der Waals surface area contributed by atoms with Crippen LogP contribution in [0.1, 0.15) is 96.2 Å². The normalized spacial score (nSPS) is 24.9. The summed E-state index contributed by atoms with van der Waals surface area (Å²) >= 11 is 0. The smallest absolute Gasteiger partial charge is 0.0841 e. The van der Waals surface area contributed by atoms with E-state index in [9.17, 15) is 0 Å². The van der Waals surface area contributed by atoms with Crippen LogP contribution in [0.5, 0.6) is 0 Å². The van der Waals surface area contributed by atoms with Gasteiger partial charge in [0.15, 0.2) is 0 Å². The maximum atomic E-state index is 6.23. The zero-order valence-corrected chi connectivity index (χ0v) is 30.7. The fourth-order valence-electron chi connectivity index (χ4n) is 8.63. The van der Waals surface area contributed by atoms with Crippen molar-refractivity contribution in [2.75, 3.05) is 5.32 Å². The van der Waals surface area contributed by atoms with Crippen molar-refractivity contribution in [3.05, 3.63) is 133 Å². The van der Waals surface area contributed by atoms with Gasteiger partial charge in [-0.25, -0.2) is 0 Å². The molecule has 2 aromatic carbocycles. The Bertz CT molecular complexity index is 1540. The molecule has 2 aromatic rings. The molecule has 0 bridgehead atoms. The summed E-state index contributed by atoms with van der Waals surface area (Å²) in [7, 11) is 0. The molecule has 1 heterocycles. The summed E-state index contributed by atoms with van der Waals surface area (Å²) in [5, 5.41) is 11.1. The molecule has 262 valence electrons. The second-order valence-electron chi connectivity index (χ2n) is 16.3. The molecule has 0 radical (unpaired) electrons. The minimum absolute atomic E-state index is 0.000305. The summed E-state index contributed by atoms with van der Waals surface area (Å²) in [4.78, 5) is 0. The zero-order valence-electron chi connectivity index (χ0n) is 30.7. The number of nitrogens with one attached hydrogen (secondary N) is 3. The van der Waals surface area contributed by atoms with E-state index in [1.165, 1.54) is 60.8 Å². The molecule has 2 saturated carbocycles. The molecule has 0 saturated heterocycles. The fraction of sp³-hybridized carbons (Fsp3) is 0.467. The van der Waals surface area contributed by atoms with Gasteiger partial charge in [0, 0.05) is 35.1 Å².